The molecule has 2 heterocycles. The average molecular weight is 639 g/mol. The van der Waals surface area contributed by atoms with Gasteiger partial charge in [-0.1, -0.05) is 82.6 Å². The van der Waals surface area contributed by atoms with Gasteiger partial charge in [-0.3, -0.25) is 19.7 Å². The molecule has 0 saturated carbocycles. The van der Waals surface area contributed by atoms with Crippen LogP contribution >= 0.6 is 0 Å². The first-order valence-electron chi connectivity index (χ1n) is 17.9. The number of hydrogen-bond donors (Lipinski definition) is 1. The Bertz CT molecular complexity index is 936. The van der Waals surface area contributed by atoms with Gasteiger partial charge < -0.3 is 19.5 Å². The molecule has 0 saturated heterocycles. The standard InChI is InChI=1S/C38H62N4O4/c1-2-3-4-5-6-7-8-9-10-11-12-13-14-15-16-23-38(43)41-26-28-44-30-32-46-33-31-45-29-27-42(34-36-21-17-19-24-39-36)35-37-22-18-20-25-40-37/h9-10,17-22,24-25H,2-8,11-16,23,26-35H2,1H3,(H,41,43)/b10-9-. The van der Waals surface area contributed by atoms with Crippen LogP contribution in [0.15, 0.2) is 60.9 Å². The molecule has 0 bridgehead atoms. The molecule has 0 atom stereocenters. The number of rotatable bonds is 31. The summed E-state index contributed by atoms with van der Waals surface area (Å²) in [7, 11) is 0. The maximum absolute atomic E-state index is 12.0. The highest BCUT2D eigenvalue weighted by Crippen LogP contribution is 2.10. The number of carbonyl (C=O) groups excluding carboxylic acids is 1. The Hall–Kier alpha value is -2.65. The predicted molar refractivity (Wildman–Crippen MR) is 188 cm³/mol. The molecule has 0 aliphatic heterocycles. The highest BCUT2D eigenvalue weighted by Gasteiger charge is 2.09. The van der Waals surface area contributed by atoms with Gasteiger partial charge >= 0.3 is 0 Å². The third-order valence-electron chi connectivity index (χ3n) is 7.75. The molecule has 1 amide bonds. The van der Waals surface area contributed by atoms with Gasteiger partial charge in [-0.05, 0) is 56.4 Å². The number of allylic oxidation sites excluding steroid dienone is 2. The second kappa shape index (κ2) is 29.7. The fraction of sp³-hybridized carbons (Fsp3) is 0.658. The number of carbonyl (C=O) groups is 1. The van der Waals surface area contributed by atoms with Crippen LogP contribution in [0.1, 0.15) is 108 Å². The maximum atomic E-state index is 12.0. The van der Waals surface area contributed by atoms with Crippen molar-refractivity contribution in [2.75, 3.05) is 52.7 Å². The molecule has 0 fully saturated rings. The molecule has 0 aliphatic carbocycles. The normalized spacial score (nSPS) is 11.5. The topological polar surface area (TPSA) is 85.8 Å². The molecule has 1 N–H and O–H groups in total. The van der Waals surface area contributed by atoms with Crippen LogP contribution in [0.25, 0.3) is 0 Å². The lowest BCUT2D eigenvalue weighted by atomic mass is 10.1. The van der Waals surface area contributed by atoms with Gasteiger partial charge in [-0.15, -0.1) is 0 Å². The third-order valence-corrected chi connectivity index (χ3v) is 7.75. The van der Waals surface area contributed by atoms with Crippen LogP contribution in [0.2, 0.25) is 0 Å². The van der Waals surface area contributed by atoms with Crippen LogP contribution in [0, 0.1) is 0 Å². The van der Waals surface area contributed by atoms with Crippen molar-refractivity contribution in [3.63, 3.8) is 0 Å². The summed E-state index contributed by atoms with van der Waals surface area (Å²) in [5, 5.41) is 2.95. The lowest BCUT2D eigenvalue weighted by Gasteiger charge is -2.21. The van der Waals surface area contributed by atoms with Crippen molar-refractivity contribution in [3.8, 4) is 0 Å². The molecule has 0 unspecified atom stereocenters. The van der Waals surface area contributed by atoms with Gasteiger partial charge in [0.25, 0.3) is 0 Å². The van der Waals surface area contributed by atoms with E-state index in [1.807, 2.05) is 48.8 Å². The number of aromatic nitrogens is 2. The number of pyridine rings is 2. The molecule has 0 aromatic carbocycles. The van der Waals surface area contributed by atoms with E-state index in [1.165, 1.54) is 70.6 Å². The van der Waals surface area contributed by atoms with Gasteiger partial charge in [0.15, 0.2) is 0 Å². The van der Waals surface area contributed by atoms with E-state index >= 15 is 0 Å². The summed E-state index contributed by atoms with van der Waals surface area (Å²) in [4.78, 5) is 23.2. The predicted octanol–water partition coefficient (Wildman–Crippen LogP) is 7.68. The Morgan fingerprint density at radius 2 is 1.20 bits per heavy atom. The largest absolute Gasteiger partial charge is 0.378 e. The molecule has 0 radical (unpaired) electrons. The highest BCUT2D eigenvalue weighted by atomic mass is 16.5. The summed E-state index contributed by atoms with van der Waals surface area (Å²) < 4.78 is 17.0. The van der Waals surface area contributed by atoms with Crippen molar-refractivity contribution < 1.29 is 19.0 Å². The van der Waals surface area contributed by atoms with E-state index in [2.05, 4.69) is 39.3 Å². The Morgan fingerprint density at radius 3 is 1.76 bits per heavy atom. The van der Waals surface area contributed by atoms with Crippen molar-refractivity contribution in [2.45, 2.75) is 110 Å². The van der Waals surface area contributed by atoms with Gasteiger partial charge in [0, 0.05) is 45.0 Å². The van der Waals surface area contributed by atoms with E-state index in [0.717, 1.165) is 43.9 Å². The molecule has 0 spiro atoms. The molecular weight excluding hydrogens is 576 g/mol. The first-order valence-corrected chi connectivity index (χ1v) is 17.9. The fourth-order valence-electron chi connectivity index (χ4n) is 5.10. The van der Waals surface area contributed by atoms with Gasteiger partial charge in [0.1, 0.15) is 0 Å². The Kier molecular flexibility index (Phi) is 25.5. The zero-order chi connectivity index (χ0) is 32.6. The molecule has 2 rings (SSSR count). The van der Waals surface area contributed by atoms with E-state index in [-0.39, 0.29) is 5.91 Å². The monoisotopic (exact) mass is 638 g/mol. The Labute approximate surface area is 279 Å². The molecule has 8 heteroatoms. The van der Waals surface area contributed by atoms with Crippen molar-refractivity contribution in [1.82, 2.24) is 20.2 Å². The van der Waals surface area contributed by atoms with Crippen molar-refractivity contribution >= 4 is 5.91 Å². The van der Waals surface area contributed by atoms with Crippen LogP contribution in [0.3, 0.4) is 0 Å². The first kappa shape index (κ1) is 39.5. The number of unbranched alkanes of at least 4 members (excludes halogenated alkanes) is 11. The van der Waals surface area contributed by atoms with Gasteiger partial charge in [0.2, 0.25) is 5.91 Å². The average Bonchev–Trinajstić information content (AvgIpc) is 3.08. The van der Waals surface area contributed by atoms with Crippen molar-refractivity contribution in [1.29, 1.82) is 0 Å². The van der Waals surface area contributed by atoms with E-state index < -0.39 is 0 Å². The Morgan fingerprint density at radius 1 is 0.674 bits per heavy atom. The zero-order valence-corrected chi connectivity index (χ0v) is 28.7. The molecule has 8 nitrogen and oxygen atoms in total. The smallest absolute Gasteiger partial charge is 0.220 e. The van der Waals surface area contributed by atoms with E-state index in [1.54, 1.807) is 0 Å². The molecule has 0 aliphatic rings. The quantitative estimate of drug-likeness (QED) is 0.0670. The summed E-state index contributed by atoms with van der Waals surface area (Å²) in [5.41, 5.74) is 2.06. The fourth-order valence-corrected chi connectivity index (χ4v) is 5.10. The summed E-state index contributed by atoms with van der Waals surface area (Å²) >= 11 is 0. The molecular formula is C38H62N4O4. The second-order valence-electron chi connectivity index (χ2n) is 11.9. The summed E-state index contributed by atoms with van der Waals surface area (Å²) in [6.45, 7) is 8.26. The van der Waals surface area contributed by atoms with Gasteiger partial charge in [-0.2, -0.15) is 0 Å². The summed E-state index contributed by atoms with van der Waals surface area (Å²) in [6, 6.07) is 12.0. The van der Waals surface area contributed by atoms with Crippen LogP contribution in [0.4, 0.5) is 0 Å². The molecule has 258 valence electrons. The molecule has 2 aromatic rings. The third kappa shape index (κ3) is 23.7. The minimum absolute atomic E-state index is 0.119. The number of ether oxygens (including phenoxy) is 3. The number of hydrogen-bond acceptors (Lipinski definition) is 7. The van der Waals surface area contributed by atoms with Gasteiger partial charge in [0.05, 0.1) is 51.0 Å². The minimum atomic E-state index is 0.119. The van der Waals surface area contributed by atoms with E-state index in [0.29, 0.717) is 52.6 Å². The zero-order valence-electron chi connectivity index (χ0n) is 28.7. The second-order valence-corrected chi connectivity index (χ2v) is 11.9. The summed E-state index contributed by atoms with van der Waals surface area (Å²) in [6.07, 6.45) is 25.4. The lowest BCUT2D eigenvalue weighted by molar-refractivity contribution is -0.121. The summed E-state index contributed by atoms with van der Waals surface area (Å²) in [5.74, 6) is 0.119. The van der Waals surface area contributed by atoms with Gasteiger partial charge in [-0.25, -0.2) is 0 Å². The van der Waals surface area contributed by atoms with Crippen molar-refractivity contribution in [3.05, 3.63) is 72.3 Å². The van der Waals surface area contributed by atoms with Crippen LogP contribution < -0.4 is 5.32 Å². The molecule has 46 heavy (non-hydrogen) atoms. The molecule has 2 aromatic heterocycles. The maximum Gasteiger partial charge on any atom is 0.220 e. The van der Waals surface area contributed by atoms with E-state index in [4.69, 9.17) is 14.2 Å². The van der Waals surface area contributed by atoms with Crippen LogP contribution in [-0.2, 0) is 32.1 Å². The van der Waals surface area contributed by atoms with Crippen LogP contribution in [0.5, 0.6) is 0 Å². The van der Waals surface area contributed by atoms with Crippen LogP contribution in [-0.4, -0.2) is 73.5 Å². The SMILES string of the molecule is CCCCCCCC/C=C\CCCCCCCC(=O)NCCOCCOCCOCCN(Cc1ccccn1)Cc1ccccn1. The van der Waals surface area contributed by atoms with E-state index in [9.17, 15) is 4.79 Å². The Balaban J connectivity index is 1.33. The number of nitrogens with one attached hydrogen (secondary N) is 1. The first-order chi connectivity index (χ1) is 22.8. The minimum Gasteiger partial charge on any atom is -0.378 e. The number of nitrogens with zero attached hydrogens (tertiary/aromatic N) is 3. The highest BCUT2D eigenvalue weighted by molar-refractivity contribution is 5.75. The number of amides is 1. The van der Waals surface area contributed by atoms with Crippen molar-refractivity contribution in [2.24, 2.45) is 0 Å². The lowest BCUT2D eigenvalue weighted by Crippen LogP contribution is -2.28.